The summed E-state index contributed by atoms with van der Waals surface area (Å²) in [6.07, 6.45) is -3.62. The number of anilines is 1. The second-order valence-corrected chi connectivity index (χ2v) is 4.26. The fourth-order valence-electron chi connectivity index (χ4n) is 1.29. The number of rotatable bonds is 1. The number of pyridine rings is 1. The van der Waals surface area contributed by atoms with Gasteiger partial charge in [0.15, 0.2) is 0 Å². The highest BCUT2D eigenvalue weighted by atomic mass is 32.1. The van der Waals surface area contributed by atoms with Crippen LogP contribution in [0.3, 0.4) is 0 Å². The highest BCUT2D eigenvalue weighted by molar-refractivity contribution is 7.19. The van der Waals surface area contributed by atoms with Crippen LogP contribution in [-0.2, 0) is 6.42 Å². The Bertz CT molecular complexity index is 490. The largest absolute Gasteiger partial charge is 0.397 e. The maximum atomic E-state index is 12.1. The van der Waals surface area contributed by atoms with E-state index in [1.807, 2.05) is 0 Å². The molecule has 0 aliphatic carbocycles. The van der Waals surface area contributed by atoms with Crippen molar-refractivity contribution < 1.29 is 13.2 Å². The molecule has 2 nitrogen and oxygen atoms in total. The summed E-state index contributed by atoms with van der Waals surface area (Å²) in [7, 11) is 0. The molecule has 0 fully saturated rings. The molecular weight excluding hydrogens is 225 g/mol. The molecule has 0 spiro atoms. The van der Waals surface area contributed by atoms with E-state index in [0.29, 0.717) is 15.9 Å². The number of hydrogen-bond acceptors (Lipinski definition) is 3. The summed E-state index contributed by atoms with van der Waals surface area (Å²) in [5.74, 6) is 0. The molecule has 0 aliphatic rings. The number of halogens is 3. The van der Waals surface area contributed by atoms with Gasteiger partial charge in [-0.05, 0) is 12.1 Å². The molecular formula is C9H7F3N2S. The fraction of sp³-hybridized carbons (Fsp3) is 0.222. The third-order valence-electron chi connectivity index (χ3n) is 1.87. The average Bonchev–Trinajstić information content (AvgIpc) is 2.45. The smallest absolute Gasteiger partial charge is 0.393 e. The van der Waals surface area contributed by atoms with E-state index in [0.717, 1.165) is 11.3 Å². The first-order valence-corrected chi connectivity index (χ1v) is 4.97. The second-order valence-electron chi connectivity index (χ2n) is 3.12. The van der Waals surface area contributed by atoms with Crippen LogP contribution in [0.1, 0.15) is 4.88 Å². The lowest BCUT2D eigenvalue weighted by Crippen LogP contribution is -2.09. The molecule has 6 heteroatoms. The number of fused-ring (bicyclic) bond motifs is 1. The van der Waals surface area contributed by atoms with Crippen LogP contribution >= 0.6 is 11.3 Å². The molecule has 0 radical (unpaired) electrons. The van der Waals surface area contributed by atoms with Crippen LogP contribution in [0.25, 0.3) is 10.2 Å². The second kappa shape index (κ2) is 3.37. The Balaban J connectivity index is 2.44. The van der Waals surface area contributed by atoms with Crippen molar-refractivity contribution in [3.05, 3.63) is 23.2 Å². The van der Waals surface area contributed by atoms with Gasteiger partial charge in [-0.3, -0.25) is 4.98 Å². The predicted molar refractivity (Wildman–Crippen MR) is 53.8 cm³/mol. The topological polar surface area (TPSA) is 38.9 Å². The van der Waals surface area contributed by atoms with E-state index in [1.54, 1.807) is 6.07 Å². The van der Waals surface area contributed by atoms with Gasteiger partial charge < -0.3 is 5.73 Å². The molecule has 2 N–H and O–H groups in total. The summed E-state index contributed by atoms with van der Waals surface area (Å²) in [6, 6.07) is 3.01. The monoisotopic (exact) mass is 232 g/mol. The molecule has 0 saturated carbocycles. The number of alkyl halides is 3. The van der Waals surface area contributed by atoms with E-state index < -0.39 is 12.6 Å². The lowest BCUT2D eigenvalue weighted by atomic mass is 10.3. The lowest BCUT2D eigenvalue weighted by Gasteiger charge is -2.01. The highest BCUT2D eigenvalue weighted by Gasteiger charge is 2.28. The Morgan fingerprint density at radius 3 is 2.73 bits per heavy atom. The van der Waals surface area contributed by atoms with Gasteiger partial charge in [0.05, 0.1) is 22.3 Å². The van der Waals surface area contributed by atoms with Crippen LogP contribution in [-0.4, -0.2) is 11.2 Å². The molecule has 0 aliphatic heterocycles. The Labute approximate surface area is 87.5 Å². The van der Waals surface area contributed by atoms with Crippen molar-refractivity contribution in [1.29, 1.82) is 0 Å². The van der Waals surface area contributed by atoms with Gasteiger partial charge in [-0.1, -0.05) is 0 Å². The molecule has 0 bridgehead atoms. The maximum Gasteiger partial charge on any atom is 0.393 e. The zero-order valence-electron chi connectivity index (χ0n) is 7.51. The van der Waals surface area contributed by atoms with Crippen molar-refractivity contribution in [3.63, 3.8) is 0 Å². The van der Waals surface area contributed by atoms with Gasteiger partial charge >= 0.3 is 6.18 Å². The molecule has 0 saturated heterocycles. The van der Waals surface area contributed by atoms with Crippen LogP contribution in [0.5, 0.6) is 0 Å². The molecule has 80 valence electrons. The van der Waals surface area contributed by atoms with Crippen molar-refractivity contribution in [2.24, 2.45) is 0 Å². The minimum absolute atomic E-state index is 0.239. The third kappa shape index (κ3) is 2.20. The molecule has 2 aromatic heterocycles. The number of nitrogens with two attached hydrogens (primary N) is 1. The van der Waals surface area contributed by atoms with Gasteiger partial charge in [0.25, 0.3) is 0 Å². The molecule has 2 heterocycles. The van der Waals surface area contributed by atoms with Crippen molar-refractivity contribution in [2.75, 3.05) is 5.73 Å². The zero-order chi connectivity index (χ0) is 11.1. The lowest BCUT2D eigenvalue weighted by molar-refractivity contribution is -0.126. The Kier molecular flexibility index (Phi) is 2.30. The molecule has 15 heavy (non-hydrogen) atoms. The van der Waals surface area contributed by atoms with E-state index in [1.165, 1.54) is 12.3 Å². The van der Waals surface area contributed by atoms with Gasteiger partial charge in [-0.15, -0.1) is 11.3 Å². The predicted octanol–water partition coefficient (Wildman–Crippen LogP) is 2.98. The summed E-state index contributed by atoms with van der Waals surface area (Å²) in [5.41, 5.74) is 6.62. The normalized spacial score (nSPS) is 12.2. The maximum absolute atomic E-state index is 12.1. The van der Waals surface area contributed by atoms with Gasteiger partial charge in [0, 0.05) is 11.1 Å². The van der Waals surface area contributed by atoms with Crippen LogP contribution < -0.4 is 5.73 Å². The molecule has 0 unspecified atom stereocenters. The molecule has 2 aromatic rings. The molecule has 0 aromatic carbocycles. The van der Waals surface area contributed by atoms with E-state index >= 15 is 0 Å². The minimum atomic E-state index is -4.18. The van der Waals surface area contributed by atoms with E-state index in [4.69, 9.17) is 5.73 Å². The highest BCUT2D eigenvalue weighted by Crippen LogP contribution is 2.32. The quantitative estimate of drug-likeness (QED) is 0.820. The zero-order valence-corrected chi connectivity index (χ0v) is 8.32. The van der Waals surface area contributed by atoms with Crippen molar-refractivity contribution >= 4 is 27.2 Å². The number of nitrogen functional groups attached to an aromatic ring is 1. The number of thiophene rings is 1. The van der Waals surface area contributed by atoms with Crippen LogP contribution in [0.4, 0.5) is 18.9 Å². The number of nitrogens with zero attached hydrogens (tertiary/aromatic N) is 1. The summed E-state index contributed by atoms with van der Waals surface area (Å²) < 4.78 is 37.0. The van der Waals surface area contributed by atoms with Gasteiger partial charge in [0.2, 0.25) is 0 Å². The van der Waals surface area contributed by atoms with E-state index in [2.05, 4.69) is 4.98 Å². The standard InChI is InChI=1S/C9H7F3N2S/c10-9(11,12)4-5-3-7-8(15-5)6(13)1-2-14-7/h1-3H,4H2,(H2,13,14). The minimum Gasteiger partial charge on any atom is -0.397 e. The first-order valence-electron chi connectivity index (χ1n) is 4.15. The van der Waals surface area contributed by atoms with E-state index in [-0.39, 0.29) is 4.88 Å². The Morgan fingerprint density at radius 2 is 2.13 bits per heavy atom. The van der Waals surface area contributed by atoms with E-state index in [9.17, 15) is 13.2 Å². The molecule has 0 amide bonds. The Hall–Kier alpha value is -1.30. The van der Waals surface area contributed by atoms with Gasteiger partial charge in [-0.2, -0.15) is 13.2 Å². The summed E-state index contributed by atoms with van der Waals surface area (Å²) in [5, 5.41) is 0. The van der Waals surface area contributed by atoms with Crippen LogP contribution in [0.2, 0.25) is 0 Å². The van der Waals surface area contributed by atoms with Crippen LogP contribution in [0.15, 0.2) is 18.3 Å². The average molecular weight is 232 g/mol. The Morgan fingerprint density at radius 1 is 1.40 bits per heavy atom. The number of aromatic nitrogens is 1. The summed E-state index contributed by atoms with van der Waals surface area (Å²) in [6.45, 7) is 0. The first-order chi connectivity index (χ1) is 6.96. The first kappa shape index (κ1) is 10.2. The summed E-state index contributed by atoms with van der Waals surface area (Å²) >= 11 is 1.04. The number of hydrogen-bond donors (Lipinski definition) is 1. The summed E-state index contributed by atoms with van der Waals surface area (Å²) in [4.78, 5) is 4.19. The van der Waals surface area contributed by atoms with Gasteiger partial charge in [0.1, 0.15) is 0 Å². The van der Waals surface area contributed by atoms with Crippen LogP contribution in [0, 0.1) is 0 Å². The molecule has 2 rings (SSSR count). The third-order valence-corrected chi connectivity index (χ3v) is 3.04. The van der Waals surface area contributed by atoms with Crippen molar-refractivity contribution in [1.82, 2.24) is 4.98 Å². The molecule has 0 atom stereocenters. The SMILES string of the molecule is Nc1ccnc2cc(CC(F)(F)F)sc12. The van der Waals surface area contributed by atoms with Gasteiger partial charge in [-0.25, -0.2) is 0 Å². The van der Waals surface area contributed by atoms with Crippen molar-refractivity contribution in [2.45, 2.75) is 12.6 Å². The van der Waals surface area contributed by atoms with Crippen molar-refractivity contribution in [3.8, 4) is 0 Å². The fourth-order valence-corrected chi connectivity index (χ4v) is 2.36.